The van der Waals surface area contributed by atoms with E-state index < -0.39 is 0 Å². The summed E-state index contributed by atoms with van der Waals surface area (Å²) in [5.41, 5.74) is 5.28. The van der Waals surface area contributed by atoms with Gasteiger partial charge < -0.3 is 9.55 Å². The normalized spacial score (nSPS) is 11.0. The first-order valence-electron chi connectivity index (χ1n) is 8.86. The van der Waals surface area contributed by atoms with Gasteiger partial charge in [-0.2, -0.15) is 0 Å². The third-order valence-electron chi connectivity index (χ3n) is 4.22. The number of H-pyrrole nitrogens is 1. The van der Waals surface area contributed by atoms with E-state index in [1.165, 1.54) is 5.56 Å². The summed E-state index contributed by atoms with van der Waals surface area (Å²) in [5, 5.41) is 0.720. The zero-order valence-corrected chi connectivity index (χ0v) is 15.8. The van der Waals surface area contributed by atoms with Crippen molar-refractivity contribution in [1.29, 1.82) is 0 Å². The van der Waals surface area contributed by atoms with Crippen molar-refractivity contribution in [1.82, 2.24) is 9.55 Å². The Balaban J connectivity index is 0.00000117. The van der Waals surface area contributed by atoms with Crippen LogP contribution >= 0.6 is 0 Å². The van der Waals surface area contributed by atoms with Gasteiger partial charge in [0.25, 0.3) is 5.56 Å². The number of fused-ring (bicyclic) bond motifs is 1. The molecule has 0 saturated carbocycles. The Bertz CT molecular complexity index is 1000. The van der Waals surface area contributed by atoms with Gasteiger partial charge in [-0.1, -0.05) is 69.5 Å². The number of rotatable bonds is 5. The summed E-state index contributed by atoms with van der Waals surface area (Å²) in [6.07, 6.45) is 7.26. The SMILES string of the molecule is C=C/C=C(\C=C)c1ccccc1Cn1c(C)cc2c(=O)[nH]ccc21.CC. The molecule has 2 aromatic heterocycles. The Morgan fingerprint density at radius 1 is 1.19 bits per heavy atom. The average Bonchev–Trinajstić information content (AvgIpc) is 2.99. The molecule has 0 aliphatic carbocycles. The number of allylic oxidation sites excluding steroid dienone is 4. The lowest BCUT2D eigenvalue weighted by Crippen LogP contribution is -2.07. The standard InChI is InChI=1S/C21H20N2O.C2H6/c1-4-8-16(5-2)18-10-7-6-9-17(18)14-23-15(3)13-19-20(23)11-12-22-21(19)24;1-2/h4-13H,1-2,14H2,3H3,(H,22,24);1-2H3/b16-8+;. The second-order valence-corrected chi connectivity index (χ2v) is 5.70. The first-order valence-corrected chi connectivity index (χ1v) is 8.86. The van der Waals surface area contributed by atoms with Crippen LogP contribution in [-0.2, 0) is 6.54 Å². The van der Waals surface area contributed by atoms with E-state index >= 15 is 0 Å². The first-order chi connectivity index (χ1) is 12.7. The van der Waals surface area contributed by atoms with Crippen molar-refractivity contribution in [3.05, 3.63) is 101 Å². The molecule has 134 valence electrons. The molecule has 0 atom stereocenters. The van der Waals surface area contributed by atoms with Crippen molar-refractivity contribution in [2.75, 3.05) is 0 Å². The van der Waals surface area contributed by atoms with Crippen LogP contribution in [0.3, 0.4) is 0 Å². The third-order valence-corrected chi connectivity index (χ3v) is 4.22. The van der Waals surface area contributed by atoms with Gasteiger partial charge in [0.15, 0.2) is 0 Å². The fraction of sp³-hybridized carbons (Fsp3) is 0.174. The van der Waals surface area contributed by atoms with Crippen LogP contribution in [0.5, 0.6) is 0 Å². The van der Waals surface area contributed by atoms with Crippen molar-refractivity contribution >= 4 is 16.5 Å². The molecule has 0 radical (unpaired) electrons. The molecule has 0 fully saturated rings. The molecule has 3 rings (SSSR count). The molecule has 0 saturated heterocycles. The molecule has 0 aliphatic heterocycles. The van der Waals surface area contributed by atoms with Crippen molar-refractivity contribution < 1.29 is 0 Å². The quantitative estimate of drug-likeness (QED) is 0.611. The molecule has 0 amide bonds. The number of nitrogens with one attached hydrogen (secondary N) is 1. The first kappa shape index (κ1) is 19.3. The number of hydrogen-bond acceptors (Lipinski definition) is 1. The van der Waals surface area contributed by atoms with Gasteiger partial charge in [0.1, 0.15) is 0 Å². The van der Waals surface area contributed by atoms with Crippen molar-refractivity contribution in [2.45, 2.75) is 27.3 Å². The van der Waals surface area contributed by atoms with Crippen molar-refractivity contribution in [3.63, 3.8) is 0 Å². The van der Waals surface area contributed by atoms with E-state index in [0.717, 1.165) is 27.7 Å². The van der Waals surface area contributed by atoms with E-state index in [2.05, 4.69) is 34.8 Å². The summed E-state index contributed by atoms with van der Waals surface area (Å²) in [7, 11) is 0. The lowest BCUT2D eigenvalue weighted by atomic mass is 9.99. The van der Waals surface area contributed by atoms with E-state index in [9.17, 15) is 4.79 Å². The van der Waals surface area contributed by atoms with E-state index in [-0.39, 0.29) is 5.56 Å². The molecule has 26 heavy (non-hydrogen) atoms. The monoisotopic (exact) mass is 346 g/mol. The molecule has 0 bridgehead atoms. The van der Waals surface area contributed by atoms with Crippen LogP contribution in [0.4, 0.5) is 0 Å². The highest BCUT2D eigenvalue weighted by molar-refractivity contribution is 5.81. The van der Waals surface area contributed by atoms with Gasteiger partial charge in [0.2, 0.25) is 0 Å². The van der Waals surface area contributed by atoms with Crippen LogP contribution in [-0.4, -0.2) is 9.55 Å². The maximum Gasteiger partial charge on any atom is 0.257 e. The Morgan fingerprint density at radius 2 is 1.92 bits per heavy atom. The molecule has 0 unspecified atom stereocenters. The number of aromatic amines is 1. The van der Waals surface area contributed by atoms with Gasteiger partial charge in [-0.3, -0.25) is 4.79 Å². The second kappa shape index (κ2) is 8.86. The smallest absolute Gasteiger partial charge is 0.257 e. The fourth-order valence-electron chi connectivity index (χ4n) is 3.05. The maximum atomic E-state index is 12.0. The summed E-state index contributed by atoms with van der Waals surface area (Å²) in [5.74, 6) is 0. The third kappa shape index (κ3) is 3.77. The Kier molecular flexibility index (Phi) is 6.56. The molecule has 2 heterocycles. The van der Waals surface area contributed by atoms with Gasteiger partial charge >= 0.3 is 0 Å². The topological polar surface area (TPSA) is 37.8 Å². The number of aryl methyl sites for hydroxylation is 1. The molecular weight excluding hydrogens is 320 g/mol. The van der Waals surface area contributed by atoms with Crippen LogP contribution in [0.1, 0.15) is 30.7 Å². The Labute approximate surface area is 155 Å². The highest BCUT2D eigenvalue weighted by Gasteiger charge is 2.11. The molecule has 0 spiro atoms. The number of hydrogen-bond donors (Lipinski definition) is 1. The molecule has 1 aromatic carbocycles. The lowest BCUT2D eigenvalue weighted by Gasteiger charge is -2.13. The minimum absolute atomic E-state index is 0.0547. The summed E-state index contributed by atoms with van der Waals surface area (Å²) in [6, 6.07) is 12.1. The lowest BCUT2D eigenvalue weighted by molar-refractivity contribution is 0.803. The fourth-order valence-corrected chi connectivity index (χ4v) is 3.05. The van der Waals surface area contributed by atoms with Crippen LogP contribution in [0.25, 0.3) is 16.5 Å². The summed E-state index contributed by atoms with van der Waals surface area (Å²) in [6.45, 7) is 14.4. The molecular formula is C23H26N2O. The van der Waals surface area contributed by atoms with Crippen LogP contribution < -0.4 is 5.56 Å². The molecule has 3 heteroatoms. The summed E-state index contributed by atoms with van der Waals surface area (Å²) in [4.78, 5) is 14.7. The van der Waals surface area contributed by atoms with Crippen molar-refractivity contribution in [2.24, 2.45) is 0 Å². The number of nitrogens with zero attached hydrogens (tertiary/aromatic N) is 1. The van der Waals surface area contributed by atoms with E-state index in [1.807, 2.05) is 57.2 Å². The van der Waals surface area contributed by atoms with Crippen molar-refractivity contribution in [3.8, 4) is 0 Å². The van der Waals surface area contributed by atoms with Gasteiger partial charge in [0, 0.05) is 18.4 Å². The largest absolute Gasteiger partial charge is 0.340 e. The van der Waals surface area contributed by atoms with Crippen LogP contribution in [0.2, 0.25) is 0 Å². The summed E-state index contributed by atoms with van der Waals surface area (Å²) < 4.78 is 2.16. The molecule has 3 nitrogen and oxygen atoms in total. The van der Waals surface area contributed by atoms with E-state index in [0.29, 0.717) is 6.54 Å². The highest BCUT2D eigenvalue weighted by atomic mass is 16.1. The minimum atomic E-state index is -0.0547. The number of benzene rings is 1. The molecule has 0 aliphatic rings. The average molecular weight is 346 g/mol. The maximum absolute atomic E-state index is 12.0. The zero-order valence-electron chi connectivity index (χ0n) is 15.8. The van der Waals surface area contributed by atoms with Gasteiger partial charge in [-0.25, -0.2) is 0 Å². The Hall–Kier alpha value is -3.07. The zero-order chi connectivity index (χ0) is 19.1. The summed E-state index contributed by atoms with van der Waals surface area (Å²) >= 11 is 0. The van der Waals surface area contributed by atoms with E-state index in [4.69, 9.17) is 0 Å². The second-order valence-electron chi connectivity index (χ2n) is 5.70. The number of aromatic nitrogens is 2. The van der Waals surface area contributed by atoms with Gasteiger partial charge in [-0.15, -0.1) is 0 Å². The van der Waals surface area contributed by atoms with Gasteiger partial charge in [-0.05, 0) is 35.8 Å². The predicted molar refractivity (Wildman–Crippen MR) is 113 cm³/mol. The number of pyridine rings is 1. The van der Waals surface area contributed by atoms with Crippen LogP contribution in [0, 0.1) is 6.92 Å². The minimum Gasteiger partial charge on any atom is -0.340 e. The highest BCUT2D eigenvalue weighted by Crippen LogP contribution is 2.24. The molecule has 1 N–H and O–H groups in total. The van der Waals surface area contributed by atoms with Crippen LogP contribution in [0.15, 0.2) is 78.8 Å². The van der Waals surface area contributed by atoms with E-state index in [1.54, 1.807) is 12.3 Å². The molecule has 3 aromatic rings. The predicted octanol–water partition coefficient (Wildman–Crippen LogP) is 5.47. The van der Waals surface area contributed by atoms with Gasteiger partial charge in [0.05, 0.1) is 10.9 Å². The Morgan fingerprint density at radius 3 is 2.62 bits per heavy atom.